The average Bonchev–Trinajstić information content (AvgIpc) is 3.38. The van der Waals surface area contributed by atoms with E-state index in [1.807, 2.05) is 62.4 Å². The van der Waals surface area contributed by atoms with Crippen LogP contribution >= 0.6 is 0 Å². The van der Waals surface area contributed by atoms with Crippen LogP contribution in [0.3, 0.4) is 0 Å². The Kier molecular flexibility index (Phi) is 9.14. The maximum atomic E-state index is 13.7. The molecule has 2 aromatic carbocycles. The summed E-state index contributed by atoms with van der Waals surface area (Å²) < 4.78 is 10.7. The van der Waals surface area contributed by atoms with Gasteiger partial charge in [-0.1, -0.05) is 29.8 Å². The van der Waals surface area contributed by atoms with Crippen molar-refractivity contribution in [3.8, 4) is 5.75 Å². The number of rotatable bonds is 9. The van der Waals surface area contributed by atoms with Crippen LogP contribution in [0.25, 0.3) is 0 Å². The molecule has 37 heavy (non-hydrogen) atoms. The van der Waals surface area contributed by atoms with Crippen LogP contribution in [0.15, 0.2) is 53.6 Å². The normalized spacial score (nSPS) is 17.9. The Morgan fingerprint density at radius 3 is 2.46 bits per heavy atom. The van der Waals surface area contributed by atoms with E-state index in [2.05, 4.69) is 10.2 Å². The van der Waals surface area contributed by atoms with Gasteiger partial charge in [-0.15, -0.1) is 0 Å². The molecule has 1 saturated heterocycles. The molecule has 198 valence electrons. The van der Waals surface area contributed by atoms with Gasteiger partial charge in [-0.3, -0.25) is 9.69 Å². The zero-order valence-corrected chi connectivity index (χ0v) is 22.0. The van der Waals surface area contributed by atoms with Crippen LogP contribution in [0.1, 0.15) is 36.1 Å². The van der Waals surface area contributed by atoms with Crippen molar-refractivity contribution in [3.63, 3.8) is 0 Å². The van der Waals surface area contributed by atoms with Crippen molar-refractivity contribution in [2.75, 3.05) is 59.6 Å². The zero-order valence-electron chi connectivity index (χ0n) is 22.0. The monoisotopic (exact) mass is 507 g/mol. The Morgan fingerprint density at radius 2 is 1.81 bits per heavy atom. The van der Waals surface area contributed by atoms with Gasteiger partial charge in [0.2, 0.25) is 0 Å². The summed E-state index contributed by atoms with van der Waals surface area (Å²) in [4.78, 5) is 30.4. The van der Waals surface area contributed by atoms with E-state index in [9.17, 15) is 9.59 Å². The molecule has 2 aliphatic rings. The summed E-state index contributed by atoms with van der Waals surface area (Å²) in [5.74, 6) is 0.561. The quantitative estimate of drug-likeness (QED) is 0.564. The Morgan fingerprint density at radius 1 is 1.11 bits per heavy atom. The fourth-order valence-corrected chi connectivity index (χ4v) is 4.58. The third-order valence-electron chi connectivity index (χ3n) is 6.78. The molecule has 1 N–H and O–H groups in total. The number of carbonyl (C=O) groups excluding carboxylic acids is 2. The molecule has 3 amide bonds. The van der Waals surface area contributed by atoms with Gasteiger partial charge in [0.05, 0.1) is 32.1 Å². The Balaban J connectivity index is 1.54. The topological polar surface area (TPSA) is 86.7 Å². The fourth-order valence-electron chi connectivity index (χ4n) is 4.58. The van der Waals surface area contributed by atoms with Gasteiger partial charge in [-0.25, -0.2) is 9.80 Å². The number of aryl methyl sites for hydroxylation is 1. The number of urea groups is 1. The Hall–Kier alpha value is -3.43. The van der Waals surface area contributed by atoms with Gasteiger partial charge in [-0.2, -0.15) is 5.10 Å². The first-order valence-corrected chi connectivity index (χ1v) is 12.9. The highest BCUT2D eigenvalue weighted by atomic mass is 16.5. The van der Waals surface area contributed by atoms with E-state index >= 15 is 0 Å². The lowest BCUT2D eigenvalue weighted by molar-refractivity contribution is -0.133. The van der Waals surface area contributed by atoms with Gasteiger partial charge in [-0.05, 0) is 49.2 Å². The van der Waals surface area contributed by atoms with E-state index in [1.165, 1.54) is 0 Å². The van der Waals surface area contributed by atoms with E-state index in [1.54, 1.807) is 17.0 Å². The number of amides is 3. The van der Waals surface area contributed by atoms with E-state index < -0.39 is 0 Å². The lowest BCUT2D eigenvalue weighted by atomic mass is 9.97. The highest BCUT2D eigenvalue weighted by molar-refractivity contribution is 6.03. The van der Waals surface area contributed by atoms with Crippen LogP contribution < -0.4 is 10.1 Å². The molecule has 2 heterocycles. The van der Waals surface area contributed by atoms with Crippen LogP contribution in [-0.4, -0.2) is 92.1 Å². The smallest absolute Gasteiger partial charge is 0.317 e. The zero-order chi connectivity index (χ0) is 26.2. The molecule has 0 saturated carbocycles. The number of nitrogens with zero attached hydrogens (tertiary/aromatic N) is 4. The molecule has 2 aliphatic heterocycles. The Bertz CT molecular complexity index is 1080. The highest BCUT2D eigenvalue weighted by Crippen LogP contribution is 2.33. The van der Waals surface area contributed by atoms with Gasteiger partial charge in [0, 0.05) is 39.1 Å². The maximum Gasteiger partial charge on any atom is 0.317 e. The summed E-state index contributed by atoms with van der Waals surface area (Å²) in [6.45, 7) is 8.55. The molecule has 2 aromatic rings. The highest BCUT2D eigenvalue weighted by Gasteiger charge is 2.34. The second-order valence-electron chi connectivity index (χ2n) is 9.36. The SMILES string of the molecule is CCNC(=O)N(CCN1CCOCC1)CC(=O)N1N=C(c2ccc(OC)cc2)C[C@@H]1c1ccc(C)cc1. The van der Waals surface area contributed by atoms with Gasteiger partial charge in [0.15, 0.2) is 0 Å². The summed E-state index contributed by atoms with van der Waals surface area (Å²) in [6.07, 6.45) is 0.593. The molecule has 0 spiro atoms. The summed E-state index contributed by atoms with van der Waals surface area (Å²) in [7, 11) is 1.63. The Labute approximate surface area is 219 Å². The molecule has 4 rings (SSSR count). The van der Waals surface area contributed by atoms with E-state index in [-0.39, 0.29) is 24.5 Å². The number of hydrogen-bond donors (Lipinski definition) is 1. The summed E-state index contributed by atoms with van der Waals surface area (Å²) in [6, 6.07) is 15.4. The molecule has 0 radical (unpaired) electrons. The first-order valence-electron chi connectivity index (χ1n) is 12.9. The molecular formula is C28H37N5O4. The van der Waals surface area contributed by atoms with Gasteiger partial charge < -0.3 is 19.7 Å². The average molecular weight is 508 g/mol. The number of nitrogens with one attached hydrogen (secondary N) is 1. The summed E-state index contributed by atoms with van der Waals surface area (Å²) in [5.41, 5.74) is 3.95. The number of benzene rings is 2. The van der Waals surface area contributed by atoms with Crippen molar-refractivity contribution in [1.82, 2.24) is 20.1 Å². The summed E-state index contributed by atoms with van der Waals surface area (Å²) in [5, 5.41) is 9.19. The van der Waals surface area contributed by atoms with Crippen LogP contribution in [-0.2, 0) is 9.53 Å². The molecule has 0 bridgehead atoms. The number of methoxy groups -OCH3 is 1. The van der Waals surface area contributed by atoms with E-state index in [0.29, 0.717) is 39.3 Å². The van der Waals surface area contributed by atoms with Crippen LogP contribution in [0, 0.1) is 6.92 Å². The lowest BCUT2D eigenvalue weighted by Gasteiger charge is -2.31. The molecule has 9 heteroatoms. The number of ether oxygens (including phenoxy) is 2. The first kappa shape index (κ1) is 26.6. The third kappa shape index (κ3) is 6.87. The van der Waals surface area contributed by atoms with E-state index in [4.69, 9.17) is 14.6 Å². The number of carbonyl (C=O) groups is 2. The van der Waals surface area contributed by atoms with Gasteiger partial charge in [0.1, 0.15) is 12.3 Å². The van der Waals surface area contributed by atoms with Crippen molar-refractivity contribution < 1.29 is 19.1 Å². The largest absolute Gasteiger partial charge is 0.497 e. The molecule has 0 aliphatic carbocycles. The second-order valence-corrected chi connectivity index (χ2v) is 9.36. The second kappa shape index (κ2) is 12.7. The molecule has 0 aromatic heterocycles. The molecule has 9 nitrogen and oxygen atoms in total. The molecular weight excluding hydrogens is 470 g/mol. The number of morpholine rings is 1. The van der Waals surface area contributed by atoms with Crippen molar-refractivity contribution in [2.45, 2.75) is 26.3 Å². The van der Waals surface area contributed by atoms with Gasteiger partial charge >= 0.3 is 6.03 Å². The summed E-state index contributed by atoms with van der Waals surface area (Å²) >= 11 is 0. The number of hydrazone groups is 1. The van der Waals surface area contributed by atoms with Gasteiger partial charge in [0.25, 0.3) is 5.91 Å². The predicted molar refractivity (Wildman–Crippen MR) is 143 cm³/mol. The third-order valence-corrected chi connectivity index (χ3v) is 6.78. The predicted octanol–water partition coefficient (Wildman–Crippen LogP) is 3.05. The van der Waals surface area contributed by atoms with E-state index in [0.717, 1.165) is 41.2 Å². The minimum absolute atomic E-state index is 0.0437. The van der Waals surface area contributed by atoms with Crippen molar-refractivity contribution in [2.24, 2.45) is 5.10 Å². The molecule has 1 fully saturated rings. The molecule has 0 unspecified atom stereocenters. The van der Waals surface area contributed by atoms with Crippen LogP contribution in [0.5, 0.6) is 5.75 Å². The van der Waals surface area contributed by atoms with Crippen molar-refractivity contribution in [3.05, 3.63) is 65.2 Å². The first-order chi connectivity index (χ1) is 18.0. The minimum Gasteiger partial charge on any atom is -0.497 e. The lowest BCUT2D eigenvalue weighted by Crippen LogP contribution is -2.49. The van der Waals surface area contributed by atoms with Crippen LogP contribution in [0.2, 0.25) is 0 Å². The fraction of sp³-hybridized carbons (Fsp3) is 0.464. The number of hydrogen-bond acceptors (Lipinski definition) is 6. The minimum atomic E-state index is -0.241. The standard InChI is InChI=1S/C28H37N5O4/c1-4-29-28(35)32(14-13-31-15-17-37-18-16-31)20-27(34)33-26(23-7-5-21(2)6-8-23)19-25(30-33)22-9-11-24(36-3)12-10-22/h5-12,26H,4,13-20H2,1-3H3,(H,29,35)/t26-/m1/s1. The maximum absolute atomic E-state index is 13.7. The molecule has 1 atom stereocenters. The van der Waals surface area contributed by atoms with Crippen molar-refractivity contribution in [1.29, 1.82) is 0 Å². The van der Waals surface area contributed by atoms with Crippen LogP contribution in [0.4, 0.5) is 4.79 Å². The van der Waals surface area contributed by atoms with Crippen molar-refractivity contribution >= 4 is 17.6 Å².